The summed E-state index contributed by atoms with van der Waals surface area (Å²) in [7, 11) is 1.57. The maximum Gasteiger partial charge on any atom is 0.384 e. The number of carbonyl (C=O) groups excluding carboxylic acids is 1. The fourth-order valence-electron chi connectivity index (χ4n) is 1.03. The van der Waals surface area contributed by atoms with Gasteiger partial charge in [-0.1, -0.05) is 5.92 Å². The highest BCUT2D eigenvalue weighted by Gasteiger charge is 2.00. The van der Waals surface area contributed by atoms with Crippen LogP contribution in [0, 0.1) is 11.8 Å². The molecule has 0 unspecified atom stereocenters. The van der Waals surface area contributed by atoms with Crippen molar-refractivity contribution in [3.63, 3.8) is 0 Å². The predicted molar refractivity (Wildman–Crippen MR) is 64.2 cm³/mol. The molecule has 3 nitrogen and oxygen atoms in total. The van der Waals surface area contributed by atoms with Crippen molar-refractivity contribution in [1.29, 1.82) is 0 Å². The Labute approximate surface area is 103 Å². The standard InChI is InChI=1S/C12H11BrO3/c1-3-16-12(14)7-5-9-4-6-10(13)11(8-9)15-2/h4,6,8H,3H2,1-2H3. The molecule has 0 aliphatic rings. The Hall–Kier alpha value is -1.47. The van der Waals surface area contributed by atoms with Gasteiger partial charge in [0.25, 0.3) is 0 Å². The quantitative estimate of drug-likeness (QED) is 0.617. The molecular weight excluding hydrogens is 272 g/mol. The van der Waals surface area contributed by atoms with Gasteiger partial charge in [-0.25, -0.2) is 4.79 Å². The third-order valence-corrected chi connectivity index (χ3v) is 2.39. The number of benzene rings is 1. The van der Waals surface area contributed by atoms with Gasteiger partial charge in [-0.2, -0.15) is 0 Å². The molecule has 0 atom stereocenters. The van der Waals surface area contributed by atoms with Crippen LogP contribution in [0.2, 0.25) is 0 Å². The second-order valence-electron chi connectivity index (χ2n) is 2.82. The molecule has 0 fully saturated rings. The minimum absolute atomic E-state index is 0.331. The molecule has 0 aromatic heterocycles. The smallest absolute Gasteiger partial charge is 0.384 e. The van der Waals surface area contributed by atoms with Gasteiger partial charge < -0.3 is 9.47 Å². The zero-order valence-corrected chi connectivity index (χ0v) is 10.6. The lowest BCUT2D eigenvalue weighted by molar-refractivity contribution is -0.136. The minimum atomic E-state index is -0.524. The van der Waals surface area contributed by atoms with E-state index in [0.717, 1.165) is 4.47 Å². The third kappa shape index (κ3) is 3.59. The van der Waals surface area contributed by atoms with Crippen LogP contribution in [0.25, 0.3) is 0 Å². The summed E-state index contributed by atoms with van der Waals surface area (Å²) >= 11 is 3.33. The Morgan fingerprint density at radius 2 is 2.25 bits per heavy atom. The van der Waals surface area contributed by atoms with E-state index in [0.29, 0.717) is 17.9 Å². The Kier molecular flexibility index (Phi) is 4.87. The van der Waals surface area contributed by atoms with Crippen molar-refractivity contribution >= 4 is 21.9 Å². The number of halogens is 1. The molecule has 0 aliphatic heterocycles. The first-order valence-electron chi connectivity index (χ1n) is 4.69. The molecular formula is C12H11BrO3. The second-order valence-corrected chi connectivity index (χ2v) is 3.67. The van der Waals surface area contributed by atoms with E-state index >= 15 is 0 Å². The van der Waals surface area contributed by atoms with Crippen LogP contribution in [0.15, 0.2) is 22.7 Å². The molecule has 1 aromatic carbocycles. The van der Waals surface area contributed by atoms with Gasteiger partial charge in [0, 0.05) is 11.5 Å². The average molecular weight is 283 g/mol. The van der Waals surface area contributed by atoms with Crippen molar-refractivity contribution in [2.24, 2.45) is 0 Å². The van der Waals surface area contributed by atoms with E-state index in [-0.39, 0.29) is 0 Å². The fraction of sp³-hybridized carbons (Fsp3) is 0.250. The molecule has 0 heterocycles. The van der Waals surface area contributed by atoms with Crippen LogP contribution in [0.3, 0.4) is 0 Å². The second kappa shape index (κ2) is 6.19. The first-order chi connectivity index (χ1) is 7.67. The van der Waals surface area contributed by atoms with E-state index < -0.39 is 5.97 Å². The first-order valence-corrected chi connectivity index (χ1v) is 5.49. The van der Waals surface area contributed by atoms with Gasteiger partial charge in [-0.3, -0.25) is 0 Å². The third-order valence-electron chi connectivity index (χ3n) is 1.74. The monoisotopic (exact) mass is 282 g/mol. The molecule has 0 saturated heterocycles. The summed E-state index contributed by atoms with van der Waals surface area (Å²) in [5, 5.41) is 0. The molecule has 0 amide bonds. The highest BCUT2D eigenvalue weighted by atomic mass is 79.9. The lowest BCUT2D eigenvalue weighted by Gasteiger charge is -2.02. The first kappa shape index (κ1) is 12.6. The summed E-state index contributed by atoms with van der Waals surface area (Å²) in [6.45, 7) is 2.07. The van der Waals surface area contributed by atoms with Gasteiger partial charge in [0.15, 0.2) is 0 Å². The van der Waals surface area contributed by atoms with Gasteiger partial charge in [0.1, 0.15) is 5.75 Å². The van der Waals surface area contributed by atoms with Crippen molar-refractivity contribution in [1.82, 2.24) is 0 Å². The number of carbonyl (C=O) groups is 1. The van der Waals surface area contributed by atoms with Crippen LogP contribution in [-0.2, 0) is 9.53 Å². The molecule has 0 saturated carbocycles. The zero-order chi connectivity index (χ0) is 12.0. The summed E-state index contributed by atoms with van der Waals surface area (Å²) in [5.74, 6) is 5.25. The highest BCUT2D eigenvalue weighted by molar-refractivity contribution is 9.10. The van der Waals surface area contributed by atoms with Crippen molar-refractivity contribution < 1.29 is 14.3 Å². The van der Waals surface area contributed by atoms with E-state index in [1.54, 1.807) is 26.2 Å². The molecule has 0 bridgehead atoms. The fourth-order valence-corrected chi connectivity index (χ4v) is 1.44. The summed E-state index contributed by atoms with van der Waals surface area (Å²) in [5.41, 5.74) is 0.702. The topological polar surface area (TPSA) is 35.5 Å². The van der Waals surface area contributed by atoms with E-state index in [1.807, 2.05) is 6.07 Å². The van der Waals surface area contributed by atoms with E-state index in [1.165, 1.54) is 0 Å². The minimum Gasteiger partial charge on any atom is -0.496 e. The van der Waals surface area contributed by atoms with Gasteiger partial charge in [-0.05, 0) is 41.1 Å². The van der Waals surface area contributed by atoms with Crippen LogP contribution in [-0.4, -0.2) is 19.7 Å². The molecule has 1 aromatic rings. The summed E-state index contributed by atoms with van der Waals surface area (Å²) < 4.78 is 10.6. The van der Waals surface area contributed by atoms with Gasteiger partial charge in [0.2, 0.25) is 0 Å². The number of rotatable bonds is 2. The predicted octanol–water partition coefficient (Wildman–Crippen LogP) is 2.37. The van der Waals surface area contributed by atoms with Crippen molar-refractivity contribution in [2.45, 2.75) is 6.92 Å². The van der Waals surface area contributed by atoms with E-state index in [4.69, 9.17) is 9.47 Å². The van der Waals surface area contributed by atoms with Crippen molar-refractivity contribution in [3.05, 3.63) is 28.2 Å². The average Bonchev–Trinajstić information content (AvgIpc) is 2.28. The zero-order valence-electron chi connectivity index (χ0n) is 9.04. The largest absolute Gasteiger partial charge is 0.496 e. The Bertz CT molecular complexity index is 443. The van der Waals surface area contributed by atoms with Crippen LogP contribution < -0.4 is 4.74 Å². The molecule has 0 N–H and O–H groups in total. The summed E-state index contributed by atoms with van der Waals surface area (Å²) in [6, 6.07) is 5.35. The molecule has 1 rings (SSSR count). The number of ether oxygens (including phenoxy) is 2. The highest BCUT2D eigenvalue weighted by Crippen LogP contribution is 2.25. The SMILES string of the molecule is CCOC(=O)C#Cc1ccc(Br)c(OC)c1. The Balaban J connectivity index is 2.85. The number of hydrogen-bond acceptors (Lipinski definition) is 3. The molecule has 16 heavy (non-hydrogen) atoms. The van der Waals surface area contributed by atoms with Crippen molar-refractivity contribution in [2.75, 3.05) is 13.7 Å². The normalized spacial score (nSPS) is 8.94. The lowest BCUT2D eigenvalue weighted by Crippen LogP contribution is -1.99. The van der Waals surface area contributed by atoms with Crippen LogP contribution in [0.4, 0.5) is 0 Å². The molecule has 0 spiro atoms. The van der Waals surface area contributed by atoms with Gasteiger partial charge in [-0.15, -0.1) is 0 Å². The molecule has 4 heteroatoms. The van der Waals surface area contributed by atoms with E-state index in [9.17, 15) is 4.79 Å². The maximum absolute atomic E-state index is 11.0. The summed E-state index contributed by atoms with van der Waals surface area (Å²) in [6.07, 6.45) is 0. The Morgan fingerprint density at radius 3 is 2.88 bits per heavy atom. The Morgan fingerprint density at radius 1 is 1.50 bits per heavy atom. The lowest BCUT2D eigenvalue weighted by atomic mass is 10.2. The number of methoxy groups -OCH3 is 1. The van der Waals surface area contributed by atoms with Crippen LogP contribution >= 0.6 is 15.9 Å². The van der Waals surface area contributed by atoms with Crippen LogP contribution in [0.5, 0.6) is 5.75 Å². The van der Waals surface area contributed by atoms with E-state index in [2.05, 4.69) is 27.8 Å². The number of hydrogen-bond donors (Lipinski definition) is 0. The summed E-state index contributed by atoms with van der Waals surface area (Å²) in [4.78, 5) is 11.0. The van der Waals surface area contributed by atoms with Crippen molar-refractivity contribution in [3.8, 4) is 17.6 Å². The number of esters is 1. The molecule has 84 valence electrons. The van der Waals surface area contributed by atoms with Crippen LogP contribution in [0.1, 0.15) is 12.5 Å². The molecule has 0 radical (unpaired) electrons. The maximum atomic E-state index is 11.0. The molecule has 0 aliphatic carbocycles. The van der Waals surface area contributed by atoms with Gasteiger partial charge >= 0.3 is 5.97 Å². The van der Waals surface area contributed by atoms with Gasteiger partial charge in [0.05, 0.1) is 18.2 Å².